The Balaban J connectivity index is 2.05. The number of hydrogen-bond donors (Lipinski definition) is 1. The molecule has 2 aromatic carbocycles. The molecule has 0 aliphatic carbocycles. The van der Waals surface area contributed by atoms with Gasteiger partial charge >= 0.3 is 5.97 Å². The van der Waals surface area contributed by atoms with Gasteiger partial charge in [-0.05, 0) is 42.5 Å². The van der Waals surface area contributed by atoms with E-state index in [1.165, 1.54) is 61.4 Å². The van der Waals surface area contributed by atoms with Crippen LogP contribution >= 0.6 is 11.6 Å². The van der Waals surface area contributed by atoms with Crippen LogP contribution in [0.15, 0.2) is 42.5 Å². The van der Waals surface area contributed by atoms with Crippen LogP contribution in [0.5, 0.6) is 0 Å². The van der Waals surface area contributed by atoms with Gasteiger partial charge in [-0.25, -0.2) is 9.18 Å². The molecule has 2 rings (SSSR count). The number of nitrogens with one attached hydrogen (secondary N) is 1. The van der Waals surface area contributed by atoms with E-state index >= 15 is 0 Å². The van der Waals surface area contributed by atoms with E-state index in [9.17, 15) is 18.8 Å². The van der Waals surface area contributed by atoms with Crippen molar-refractivity contribution < 1.29 is 23.5 Å². The molecule has 1 N–H and O–H groups in total. The van der Waals surface area contributed by atoms with Gasteiger partial charge in [0.1, 0.15) is 5.82 Å². The fourth-order valence-electron chi connectivity index (χ4n) is 2.38. The van der Waals surface area contributed by atoms with Gasteiger partial charge in [0, 0.05) is 25.6 Å². The number of nitrogens with zero attached hydrogens (tertiary/aromatic N) is 1. The van der Waals surface area contributed by atoms with Crippen LogP contribution in [-0.2, 0) is 14.3 Å². The average Bonchev–Trinajstić information content (AvgIpc) is 2.64. The monoisotopic (exact) mass is 392 g/mol. The minimum absolute atomic E-state index is 0.0181. The summed E-state index contributed by atoms with van der Waals surface area (Å²) >= 11 is 6.05. The number of carbonyl (C=O) groups is 3. The van der Waals surface area contributed by atoms with Gasteiger partial charge in [0.05, 0.1) is 23.4 Å². The molecule has 0 fully saturated rings. The number of benzene rings is 2. The lowest BCUT2D eigenvalue weighted by atomic mass is 10.2. The van der Waals surface area contributed by atoms with Crippen molar-refractivity contribution in [1.82, 2.24) is 0 Å². The zero-order valence-electron chi connectivity index (χ0n) is 14.8. The van der Waals surface area contributed by atoms with Crippen LogP contribution in [0, 0.1) is 5.82 Å². The van der Waals surface area contributed by atoms with Crippen molar-refractivity contribution in [2.24, 2.45) is 0 Å². The van der Waals surface area contributed by atoms with Crippen molar-refractivity contribution in [2.45, 2.75) is 13.3 Å². The van der Waals surface area contributed by atoms with E-state index in [1.54, 1.807) is 0 Å². The molecule has 8 heteroatoms. The smallest absolute Gasteiger partial charge is 0.337 e. The van der Waals surface area contributed by atoms with Crippen molar-refractivity contribution in [3.05, 3.63) is 58.9 Å². The quantitative estimate of drug-likeness (QED) is 0.761. The number of rotatable bonds is 6. The van der Waals surface area contributed by atoms with E-state index in [-0.39, 0.29) is 35.1 Å². The lowest BCUT2D eigenvalue weighted by Gasteiger charge is -2.21. The molecular weight excluding hydrogens is 375 g/mol. The van der Waals surface area contributed by atoms with Crippen LogP contribution in [0.1, 0.15) is 23.7 Å². The largest absolute Gasteiger partial charge is 0.465 e. The Labute approximate surface area is 160 Å². The molecule has 0 atom stereocenters. The van der Waals surface area contributed by atoms with E-state index in [1.807, 2.05) is 0 Å². The van der Waals surface area contributed by atoms with Gasteiger partial charge in [-0.3, -0.25) is 9.59 Å². The fourth-order valence-corrected chi connectivity index (χ4v) is 2.55. The Kier molecular flexibility index (Phi) is 6.90. The Bertz CT molecular complexity index is 855. The van der Waals surface area contributed by atoms with E-state index in [0.717, 1.165) is 0 Å². The second-order valence-electron chi connectivity index (χ2n) is 5.63. The van der Waals surface area contributed by atoms with E-state index in [4.69, 9.17) is 11.6 Å². The third-order valence-corrected chi connectivity index (χ3v) is 4.07. The number of esters is 1. The lowest BCUT2D eigenvalue weighted by Crippen LogP contribution is -2.32. The average molecular weight is 393 g/mol. The molecule has 6 nitrogen and oxygen atoms in total. The Morgan fingerprint density at radius 1 is 1.15 bits per heavy atom. The Hall–Kier alpha value is -2.93. The van der Waals surface area contributed by atoms with E-state index in [0.29, 0.717) is 5.69 Å². The van der Waals surface area contributed by atoms with E-state index in [2.05, 4.69) is 10.1 Å². The molecule has 0 bridgehead atoms. The summed E-state index contributed by atoms with van der Waals surface area (Å²) in [7, 11) is 1.25. The molecule has 0 unspecified atom stereocenters. The molecule has 0 saturated carbocycles. The molecule has 142 valence electrons. The van der Waals surface area contributed by atoms with Gasteiger partial charge in [-0.15, -0.1) is 0 Å². The van der Waals surface area contributed by atoms with Gasteiger partial charge in [-0.2, -0.15) is 0 Å². The third-order valence-electron chi connectivity index (χ3n) is 3.74. The third kappa shape index (κ3) is 5.52. The van der Waals surface area contributed by atoms with E-state index < -0.39 is 17.7 Å². The number of ether oxygens (including phenoxy) is 1. The summed E-state index contributed by atoms with van der Waals surface area (Å²) in [6, 6.07) is 9.78. The second kappa shape index (κ2) is 9.14. The minimum Gasteiger partial charge on any atom is -0.465 e. The standard InChI is InChI=1S/C19H18ClFN2O4/c1-12(24)23(15-6-4-14(21)5-7-15)10-9-18(25)22-17-11-13(19(26)27-2)3-8-16(17)20/h3-8,11H,9-10H2,1-2H3,(H,22,25). The number of anilines is 2. The topological polar surface area (TPSA) is 75.7 Å². The molecule has 0 aromatic heterocycles. The predicted molar refractivity (Wildman–Crippen MR) is 100 cm³/mol. The maximum absolute atomic E-state index is 13.0. The summed E-state index contributed by atoms with van der Waals surface area (Å²) in [5.41, 5.74) is 0.997. The normalized spacial score (nSPS) is 10.2. The zero-order valence-corrected chi connectivity index (χ0v) is 15.5. The van der Waals surface area contributed by atoms with Crippen LogP contribution in [0.3, 0.4) is 0 Å². The summed E-state index contributed by atoms with van der Waals surface area (Å²) in [6.45, 7) is 1.46. The number of methoxy groups -OCH3 is 1. The molecule has 2 aromatic rings. The van der Waals surface area contributed by atoms with Crippen molar-refractivity contribution in [3.8, 4) is 0 Å². The molecule has 0 heterocycles. The number of amides is 2. The van der Waals surface area contributed by atoms with Crippen LogP contribution in [0.2, 0.25) is 5.02 Å². The fraction of sp³-hybridized carbons (Fsp3) is 0.211. The second-order valence-corrected chi connectivity index (χ2v) is 6.04. The van der Waals surface area contributed by atoms with Gasteiger partial charge in [0.25, 0.3) is 0 Å². The Morgan fingerprint density at radius 2 is 1.81 bits per heavy atom. The number of halogens is 2. The van der Waals surface area contributed by atoms with Gasteiger partial charge in [0.2, 0.25) is 11.8 Å². The first-order chi connectivity index (χ1) is 12.8. The Morgan fingerprint density at radius 3 is 2.41 bits per heavy atom. The molecule has 0 radical (unpaired) electrons. The first-order valence-electron chi connectivity index (χ1n) is 8.03. The summed E-state index contributed by atoms with van der Waals surface area (Å²) < 4.78 is 17.7. The minimum atomic E-state index is -0.554. The molecular formula is C19H18ClFN2O4. The summed E-state index contributed by atoms with van der Waals surface area (Å²) in [4.78, 5) is 37.0. The molecule has 0 aliphatic rings. The highest BCUT2D eigenvalue weighted by molar-refractivity contribution is 6.33. The van der Waals surface area contributed by atoms with Crippen molar-refractivity contribution >= 4 is 40.8 Å². The van der Waals surface area contributed by atoms with Crippen LogP contribution in [-0.4, -0.2) is 31.4 Å². The molecule has 2 amide bonds. The van der Waals surface area contributed by atoms with Crippen LogP contribution < -0.4 is 10.2 Å². The molecule has 0 spiro atoms. The summed E-state index contributed by atoms with van der Waals surface area (Å²) in [6.07, 6.45) is -0.0181. The van der Waals surface area contributed by atoms with Gasteiger partial charge in [0.15, 0.2) is 0 Å². The van der Waals surface area contributed by atoms with Crippen LogP contribution in [0.25, 0.3) is 0 Å². The highest BCUT2D eigenvalue weighted by atomic mass is 35.5. The van der Waals surface area contributed by atoms with Crippen molar-refractivity contribution in [1.29, 1.82) is 0 Å². The van der Waals surface area contributed by atoms with Crippen molar-refractivity contribution in [2.75, 3.05) is 23.9 Å². The molecule has 27 heavy (non-hydrogen) atoms. The number of carbonyl (C=O) groups excluding carboxylic acids is 3. The van der Waals surface area contributed by atoms with Crippen LogP contribution in [0.4, 0.5) is 15.8 Å². The maximum Gasteiger partial charge on any atom is 0.337 e. The first kappa shape index (κ1) is 20.4. The highest BCUT2D eigenvalue weighted by Gasteiger charge is 2.15. The number of hydrogen-bond acceptors (Lipinski definition) is 4. The highest BCUT2D eigenvalue weighted by Crippen LogP contribution is 2.24. The summed E-state index contributed by atoms with van der Waals surface area (Å²) in [5.74, 6) is -1.64. The van der Waals surface area contributed by atoms with Gasteiger partial charge in [-0.1, -0.05) is 11.6 Å². The molecule has 0 aliphatic heterocycles. The SMILES string of the molecule is COC(=O)c1ccc(Cl)c(NC(=O)CCN(C(C)=O)c2ccc(F)cc2)c1. The maximum atomic E-state index is 13.0. The zero-order chi connectivity index (χ0) is 20.0. The van der Waals surface area contributed by atoms with Crippen molar-refractivity contribution in [3.63, 3.8) is 0 Å². The lowest BCUT2D eigenvalue weighted by molar-refractivity contribution is -0.117. The first-order valence-corrected chi connectivity index (χ1v) is 8.41. The predicted octanol–water partition coefficient (Wildman–Crippen LogP) is 3.65. The summed E-state index contributed by atoms with van der Waals surface area (Å²) in [5, 5.41) is 2.87. The van der Waals surface area contributed by atoms with Gasteiger partial charge < -0.3 is 15.0 Å². The molecule has 0 saturated heterocycles.